The van der Waals surface area contributed by atoms with Crippen LogP contribution in [0.5, 0.6) is 5.75 Å². The molecule has 4 nitrogen and oxygen atoms in total. The Labute approximate surface area is 106 Å². The van der Waals surface area contributed by atoms with Gasteiger partial charge in [0, 0.05) is 5.56 Å². The first kappa shape index (κ1) is 12.2. The molecule has 0 atom stereocenters. The minimum atomic E-state index is 0.427. The molecule has 0 bridgehead atoms. The largest absolute Gasteiger partial charge is 0.496 e. The average Bonchev–Trinajstić information content (AvgIpc) is 2.70. The number of aromatic nitrogens is 2. The third kappa shape index (κ3) is 1.95. The Kier molecular flexibility index (Phi) is 3.07. The van der Waals surface area contributed by atoms with Crippen molar-refractivity contribution in [2.24, 2.45) is 0 Å². The van der Waals surface area contributed by atoms with Gasteiger partial charge in [0.25, 0.3) is 0 Å². The maximum atomic E-state index is 9.08. The Bertz CT molecular complexity index is 612. The Morgan fingerprint density at radius 3 is 2.33 bits per heavy atom. The quantitative estimate of drug-likeness (QED) is 0.879. The molecular formula is C14H15N3O. The number of hydrogen-bond acceptors (Lipinski definition) is 3. The van der Waals surface area contributed by atoms with Gasteiger partial charge in [0.2, 0.25) is 0 Å². The van der Waals surface area contributed by atoms with Crippen molar-refractivity contribution < 1.29 is 4.74 Å². The van der Waals surface area contributed by atoms with Crippen molar-refractivity contribution in [3.8, 4) is 23.1 Å². The third-order valence-electron chi connectivity index (χ3n) is 2.88. The summed E-state index contributed by atoms with van der Waals surface area (Å²) < 4.78 is 5.34. The number of methoxy groups -OCH3 is 1. The predicted molar refractivity (Wildman–Crippen MR) is 69.5 cm³/mol. The van der Waals surface area contributed by atoms with E-state index >= 15 is 0 Å². The van der Waals surface area contributed by atoms with Crippen LogP contribution in [0.2, 0.25) is 0 Å². The van der Waals surface area contributed by atoms with E-state index in [1.54, 1.807) is 7.11 Å². The SMILES string of the molecule is COc1c(C)cc(-c2[nH]c(C)nc2C#N)cc1C. The Morgan fingerprint density at radius 1 is 1.22 bits per heavy atom. The van der Waals surface area contributed by atoms with E-state index in [9.17, 15) is 0 Å². The number of imidazole rings is 1. The van der Waals surface area contributed by atoms with E-state index in [0.717, 1.165) is 34.0 Å². The van der Waals surface area contributed by atoms with Gasteiger partial charge in [0.15, 0.2) is 5.69 Å². The summed E-state index contributed by atoms with van der Waals surface area (Å²) in [4.78, 5) is 7.29. The molecule has 1 aromatic carbocycles. The molecule has 0 fully saturated rings. The van der Waals surface area contributed by atoms with E-state index in [2.05, 4.69) is 16.0 Å². The van der Waals surface area contributed by atoms with E-state index in [1.807, 2.05) is 32.9 Å². The van der Waals surface area contributed by atoms with E-state index in [-0.39, 0.29) is 0 Å². The van der Waals surface area contributed by atoms with Crippen molar-refractivity contribution in [3.05, 3.63) is 34.8 Å². The molecule has 18 heavy (non-hydrogen) atoms. The molecule has 0 unspecified atom stereocenters. The van der Waals surface area contributed by atoms with Crippen molar-refractivity contribution in [2.45, 2.75) is 20.8 Å². The fraction of sp³-hybridized carbons (Fsp3) is 0.286. The molecule has 0 radical (unpaired) electrons. The molecule has 0 amide bonds. The number of nitriles is 1. The van der Waals surface area contributed by atoms with Gasteiger partial charge < -0.3 is 9.72 Å². The lowest BCUT2D eigenvalue weighted by molar-refractivity contribution is 0.408. The minimum absolute atomic E-state index is 0.427. The molecule has 2 rings (SSSR count). The smallest absolute Gasteiger partial charge is 0.166 e. The van der Waals surface area contributed by atoms with Gasteiger partial charge in [-0.2, -0.15) is 5.26 Å². The highest BCUT2D eigenvalue weighted by atomic mass is 16.5. The number of aryl methyl sites for hydroxylation is 3. The van der Waals surface area contributed by atoms with Crippen LogP contribution in [0.1, 0.15) is 22.6 Å². The third-order valence-corrected chi connectivity index (χ3v) is 2.88. The summed E-state index contributed by atoms with van der Waals surface area (Å²) >= 11 is 0. The number of nitrogens with zero attached hydrogens (tertiary/aromatic N) is 2. The molecule has 0 spiro atoms. The van der Waals surface area contributed by atoms with E-state index < -0.39 is 0 Å². The van der Waals surface area contributed by atoms with Crippen molar-refractivity contribution in [3.63, 3.8) is 0 Å². The highest BCUT2D eigenvalue weighted by Crippen LogP contribution is 2.30. The number of rotatable bonds is 2. The molecule has 1 aromatic heterocycles. The summed E-state index contributed by atoms with van der Waals surface area (Å²) in [6.07, 6.45) is 0. The Morgan fingerprint density at radius 2 is 1.83 bits per heavy atom. The first-order chi connectivity index (χ1) is 8.56. The average molecular weight is 241 g/mol. The maximum absolute atomic E-state index is 9.08. The van der Waals surface area contributed by atoms with Gasteiger partial charge in [-0.15, -0.1) is 0 Å². The van der Waals surface area contributed by atoms with Gasteiger partial charge >= 0.3 is 0 Å². The van der Waals surface area contributed by atoms with Gasteiger partial charge in [-0.1, -0.05) is 0 Å². The molecule has 1 heterocycles. The van der Waals surface area contributed by atoms with Crippen LogP contribution in [-0.2, 0) is 0 Å². The standard InChI is InChI=1S/C14H15N3O/c1-8-5-11(6-9(2)14(8)18-4)13-12(7-15)16-10(3)17-13/h5-6H,1-4H3,(H,16,17). The van der Waals surface area contributed by atoms with Crippen molar-refractivity contribution in [2.75, 3.05) is 7.11 Å². The lowest BCUT2D eigenvalue weighted by Crippen LogP contribution is -1.93. The maximum Gasteiger partial charge on any atom is 0.166 e. The molecule has 1 N–H and O–H groups in total. The van der Waals surface area contributed by atoms with Crippen LogP contribution in [-0.4, -0.2) is 17.1 Å². The van der Waals surface area contributed by atoms with Crippen LogP contribution < -0.4 is 4.74 Å². The predicted octanol–water partition coefficient (Wildman–Crippen LogP) is 2.88. The molecule has 2 aromatic rings. The van der Waals surface area contributed by atoms with Crippen molar-refractivity contribution in [1.82, 2.24) is 9.97 Å². The summed E-state index contributed by atoms with van der Waals surface area (Å²) in [5, 5.41) is 9.08. The van der Waals surface area contributed by atoms with Crippen LogP contribution >= 0.6 is 0 Å². The molecule has 0 aliphatic rings. The van der Waals surface area contributed by atoms with Crippen LogP contribution in [0.4, 0.5) is 0 Å². The minimum Gasteiger partial charge on any atom is -0.496 e. The van der Waals surface area contributed by atoms with Crippen LogP contribution in [0.15, 0.2) is 12.1 Å². The van der Waals surface area contributed by atoms with Crippen molar-refractivity contribution >= 4 is 0 Å². The summed E-state index contributed by atoms with van der Waals surface area (Å²) in [5.41, 5.74) is 4.25. The molecule has 0 aliphatic carbocycles. The van der Waals surface area contributed by atoms with Crippen LogP contribution in [0.25, 0.3) is 11.3 Å². The zero-order valence-electron chi connectivity index (χ0n) is 11.0. The number of hydrogen-bond donors (Lipinski definition) is 1. The van der Waals surface area contributed by atoms with E-state index in [1.165, 1.54) is 0 Å². The molecular weight excluding hydrogens is 226 g/mol. The number of nitrogens with one attached hydrogen (secondary N) is 1. The molecule has 0 aliphatic heterocycles. The number of H-pyrrole nitrogens is 1. The van der Waals surface area contributed by atoms with Crippen LogP contribution in [0.3, 0.4) is 0 Å². The summed E-state index contributed by atoms with van der Waals surface area (Å²) in [5.74, 6) is 1.63. The van der Waals surface area contributed by atoms with E-state index in [4.69, 9.17) is 10.00 Å². The molecule has 92 valence electrons. The highest BCUT2D eigenvalue weighted by molar-refractivity contribution is 5.68. The first-order valence-electron chi connectivity index (χ1n) is 5.69. The van der Waals surface area contributed by atoms with Crippen LogP contribution in [0, 0.1) is 32.1 Å². The van der Waals surface area contributed by atoms with Crippen molar-refractivity contribution in [1.29, 1.82) is 5.26 Å². The lowest BCUT2D eigenvalue weighted by Gasteiger charge is -2.10. The number of ether oxygens (including phenoxy) is 1. The van der Waals surface area contributed by atoms with Gasteiger partial charge in [-0.3, -0.25) is 0 Å². The molecule has 4 heteroatoms. The zero-order valence-corrected chi connectivity index (χ0v) is 11.0. The zero-order chi connectivity index (χ0) is 13.3. The fourth-order valence-corrected chi connectivity index (χ4v) is 2.20. The first-order valence-corrected chi connectivity index (χ1v) is 5.69. The molecule has 0 saturated carbocycles. The Balaban J connectivity index is 2.62. The number of aromatic amines is 1. The second-order valence-corrected chi connectivity index (χ2v) is 4.30. The highest BCUT2D eigenvalue weighted by Gasteiger charge is 2.13. The lowest BCUT2D eigenvalue weighted by atomic mass is 10.0. The molecule has 0 saturated heterocycles. The normalized spacial score (nSPS) is 10.2. The topological polar surface area (TPSA) is 61.7 Å². The van der Waals surface area contributed by atoms with Gasteiger partial charge in [-0.05, 0) is 44.0 Å². The Hall–Kier alpha value is -2.28. The second kappa shape index (κ2) is 4.53. The summed E-state index contributed by atoms with van der Waals surface area (Å²) in [6, 6.07) is 6.11. The second-order valence-electron chi connectivity index (χ2n) is 4.30. The van der Waals surface area contributed by atoms with Gasteiger partial charge in [0.1, 0.15) is 17.6 Å². The van der Waals surface area contributed by atoms with E-state index in [0.29, 0.717) is 5.69 Å². The monoisotopic (exact) mass is 241 g/mol. The number of benzene rings is 1. The summed E-state index contributed by atoms with van der Waals surface area (Å²) in [6.45, 7) is 5.82. The summed E-state index contributed by atoms with van der Waals surface area (Å²) in [7, 11) is 1.66. The fourth-order valence-electron chi connectivity index (χ4n) is 2.20. The van der Waals surface area contributed by atoms with Gasteiger partial charge in [0.05, 0.1) is 12.8 Å². The van der Waals surface area contributed by atoms with Gasteiger partial charge in [-0.25, -0.2) is 4.98 Å².